The monoisotopic (exact) mass is 454 g/mol. The first-order valence-electron chi connectivity index (χ1n) is 11.2. The van der Waals surface area contributed by atoms with Gasteiger partial charge in [-0.3, -0.25) is 4.79 Å². The van der Waals surface area contributed by atoms with Gasteiger partial charge in [0.15, 0.2) is 11.5 Å². The molecule has 0 bridgehead atoms. The van der Waals surface area contributed by atoms with Crippen molar-refractivity contribution in [3.8, 4) is 28.4 Å². The Morgan fingerprint density at radius 2 is 1.79 bits per heavy atom. The van der Waals surface area contributed by atoms with Gasteiger partial charge >= 0.3 is 11.9 Å². The Morgan fingerprint density at radius 1 is 1.03 bits per heavy atom. The minimum atomic E-state index is -0.669. The van der Waals surface area contributed by atoms with Crippen molar-refractivity contribution in [2.45, 2.75) is 39.7 Å². The number of benzene rings is 2. The van der Waals surface area contributed by atoms with E-state index in [0.29, 0.717) is 42.3 Å². The molecule has 0 unspecified atom stereocenters. The van der Waals surface area contributed by atoms with Crippen LogP contribution in [0.2, 0.25) is 0 Å². The molecule has 1 heterocycles. The lowest BCUT2D eigenvalue weighted by Crippen LogP contribution is -2.44. The van der Waals surface area contributed by atoms with Gasteiger partial charge in [-0.1, -0.05) is 32.4 Å². The van der Waals surface area contributed by atoms with E-state index in [9.17, 15) is 9.59 Å². The number of methoxy groups -OCH3 is 2. The van der Waals surface area contributed by atoms with Crippen molar-refractivity contribution >= 4 is 11.9 Å². The minimum Gasteiger partial charge on any atom is -0.493 e. The number of hydrogen-bond acceptors (Lipinski definition) is 7. The van der Waals surface area contributed by atoms with Crippen molar-refractivity contribution in [1.29, 1.82) is 0 Å². The molecule has 33 heavy (non-hydrogen) atoms. The van der Waals surface area contributed by atoms with E-state index >= 15 is 0 Å². The van der Waals surface area contributed by atoms with Gasteiger partial charge < -0.3 is 23.7 Å². The fourth-order valence-corrected chi connectivity index (χ4v) is 4.27. The summed E-state index contributed by atoms with van der Waals surface area (Å²) in [5.74, 6) is 1.13. The number of carbonyl (C=O) groups is 2. The van der Waals surface area contributed by atoms with E-state index in [4.69, 9.17) is 23.7 Å². The molecule has 0 atom stereocenters. The lowest BCUT2D eigenvalue weighted by atomic mass is 9.69. The average molecular weight is 455 g/mol. The van der Waals surface area contributed by atoms with E-state index < -0.39 is 5.41 Å². The molecule has 1 aliphatic carbocycles. The topological polar surface area (TPSA) is 80.3 Å². The summed E-state index contributed by atoms with van der Waals surface area (Å²) in [5, 5.41) is 0. The number of esters is 2. The normalized spacial score (nSPS) is 16.0. The highest BCUT2D eigenvalue weighted by Gasteiger charge is 2.47. The van der Waals surface area contributed by atoms with Crippen LogP contribution in [-0.2, 0) is 20.9 Å². The lowest BCUT2D eigenvalue weighted by Gasteiger charge is -2.39. The number of ether oxygens (including phenoxy) is 5. The maximum absolute atomic E-state index is 12.9. The molecule has 0 spiro atoms. The first kappa shape index (κ1) is 23.0. The zero-order chi connectivity index (χ0) is 23.6. The van der Waals surface area contributed by atoms with E-state index in [1.807, 2.05) is 32.0 Å². The van der Waals surface area contributed by atoms with Crippen LogP contribution in [0.15, 0.2) is 30.3 Å². The molecule has 2 aliphatic rings. The summed E-state index contributed by atoms with van der Waals surface area (Å²) >= 11 is 0. The van der Waals surface area contributed by atoms with Gasteiger partial charge in [-0.25, -0.2) is 4.79 Å². The van der Waals surface area contributed by atoms with E-state index in [0.717, 1.165) is 23.1 Å². The molecule has 7 heteroatoms. The second-order valence-electron chi connectivity index (χ2n) is 9.00. The summed E-state index contributed by atoms with van der Waals surface area (Å²) in [6.07, 6.45) is 2.39. The fraction of sp³-hybridized carbons (Fsp3) is 0.462. The molecule has 0 amide bonds. The minimum absolute atomic E-state index is 0.172. The summed E-state index contributed by atoms with van der Waals surface area (Å²) in [4.78, 5) is 25.0. The predicted molar refractivity (Wildman–Crippen MR) is 122 cm³/mol. The molecule has 2 aromatic carbocycles. The Kier molecular flexibility index (Phi) is 6.49. The van der Waals surface area contributed by atoms with Crippen molar-refractivity contribution in [3.63, 3.8) is 0 Å². The zero-order valence-electron chi connectivity index (χ0n) is 19.6. The van der Waals surface area contributed by atoms with Crippen LogP contribution in [0.1, 0.15) is 49.0 Å². The standard InChI is InChI=1S/C26H30O7/c1-16(2)13-32-25(28)26(11-6-12-26)15-33-22-18(9-10-21(29-3)23(22)30-4)17-7-5-8-19-20(17)14-31-24(19)27/h5,7-10,16H,6,11-15H2,1-4H3. The maximum Gasteiger partial charge on any atom is 0.338 e. The molecule has 176 valence electrons. The van der Waals surface area contributed by atoms with Gasteiger partial charge in [-0.05, 0) is 42.5 Å². The third-order valence-electron chi connectivity index (χ3n) is 6.32. The van der Waals surface area contributed by atoms with Crippen LogP contribution in [0.3, 0.4) is 0 Å². The highest BCUT2D eigenvalue weighted by Crippen LogP contribution is 2.49. The van der Waals surface area contributed by atoms with Gasteiger partial charge in [0.25, 0.3) is 0 Å². The third-order valence-corrected chi connectivity index (χ3v) is 6.32. The Balaban J connectivity index is 1.71. The van der Waals surface area contributed by atoms with Crippen molar-refractivity contribution < 1.29 is 33.3 Å². The van der Waals surface area contributed by atoms with E-state index in [1.165, 1.54) is 0 Å². The van der Waals surface area contributed by atoms with Crippen molar-refractivity contribution in [3.05, 3.63) is 41.5 Å². The highest BCUT2D eigenvalue weighted by atomic mass is 16.6. The van der Waals surface area contributed by atoms with Gasteiger partial charge in [0.05, 0.1) is 26.4 Å². The molecule has 0 N–H and O–H groups in total. The molecule has 1 saturated carbocycles. The van der Waals surface area contributed by atoms with Crippen LogP contribution in [-0.4, -0.2) is 39.4 Å². The number of carbonyl (C=O) groups excluding carboxylic acids is 2. The van der Waals surface area contributed by atoms with E-state index in [2.05, 4.69) is 0 Å². The van der Waals surface area contributed by atoms with Crippen LogP contribution in [0, 0.1) is 11.3 Å². The Hall–Kier alpha value is -3.22. The fourth-order valence-electron chi connectivity index (χ4n) is 4.27. The summed E-state index contributed by atoms with van der Waals surface area (Å²) in [5.41, 5.74) is 2.24. The summed E-state index contributed by atoms with van der Waals surface area (Å²) in [7, 11) is 3.11. The summed E-state index contributed by atoms with van der Waals surface area (Å²) in [6, 6.07) is 9.17. The second kappa shape index (κ2) is 9.33. The quantitative estimate of drug-likeness (QED) is 0.504. The first-order chi connectivity index (χ1) is 15.9. The van der Waals surface area contributed by atoms with Crippen molar-refractivity contribution in [2.24, 2.45) is 11.3 Å². The van der Waals surface area contributed by atoms with Crippen LogP contribution in [0.25, 0.3) is 11.1 Å². The number of cyclic esters (lactones) is 1. The van der Waals surface area contributed by atoms with Gasteiger partial charge in [-0.15, -0.1) is 0 Å². The summed E-state index contributed by atoms with van der Waals surface area (Å²) < 4.78 is 28.3. The number of fused-ring (bicyclic) bond motifs is 1. The smallest absolute Gasteiger partial charge is 0.338 e. The van der Waals surface area contributed by atoms with Gasteiger partial charge in [-0.2, -0.15) is 0 Å². The molecule has 1 aliphatic heterocycles. The molecule has 7 nitrogen and oxygen atoms in total. The zero-order valence-corrected chi connectivity index (χ0v) is 19.6. The van der Waals surface area contributed by atoms with Gasteiger partial charge in [0.2, 0.25) is 5.75 Å². The molecule has 0 radical (unpaired) electrons. The van der Waals surface area contributed by atoms with Gasteiger partial charge in [0.1, 0.15) is 18.6 Å². The van der Waals surface area contributed by atoms with E-state index in [1.54, 1.807) is 26.4 Å². The van der Waals surface area contributed by atoms with Crippen molar-refractivity contribution in [2.75, 3.05) is 27.4 Å². The number of hydrogen-bond donors (Lipinski definition) is 0. The Morgan fingerprint density at radius 3 is 2.42 bits per heavy atom. The summed E-state index contributed by atoms with van der Waals surface area (Å²) in [6.45, 7) is 4.78. The number of rotatable bonds is 9. The third kappa shape index (κ3) is 4.24. The predicted octanol–water partition coefficient (Wildman–Crippen LogP) is 4.79. The highest BCUT2D eigenvalue weighted by molar-refractivity contribution is 5.96. The molecule has 2 aromatic rings. The van der Waals surface area contributed by atoms with E-state index in [-0.39, 0.29) is 31.1 Å². The molecular weight excluding hydrogens is 424 g/mol. The van der Waals surface area contributed by atoms with Gasteiger partial charge in [0, 0.05) is 11.1 Å². The Bertz CT molecular complexity index is 1050. The maximum atomic E-state index is 12.9. The second-order valence-corrected chi connectivity index (χ2v) is 9.00. The lowest BCUT2D eigenvalue weighted by molar-refractivity contribution is -0.165. The first-order valence-corrected chi connectivity index (χ1v) is 11.2. The average Bonchev–Trinajstić information content (AvgIpc) is 3.17. The van der Waals surface area contributed by atoms with Crippen molar-refractivity contribution in [1.82, 2.24) is 0 Å². The molecular formula is C26H30O7. The Labute approximate surface area is 193 Å². The van der Waals surface area contributed by atoms with Crippen LogP contribution >= 0.6 is 0 Å². The molecule has 1 fully saturated rings. The molecule has 0 saturated heterocycles. The van der Waals surface area contributed by atoms with Crippen LogP contribution in [0.4, 0.5) is 0 Å². The molecule has 4 rings (SSSR count). The molecule has 0 aromatic heterocycles. The van der Waals surface area contributed by atoms with Crippen LogP contribution in [0.5, 0.6) is 17.2 Å². The van der Waals surface area contributed by atoms with Crippen LogP contribution < -0.4 is 14.2 Å². The largest absolute Gasteiger partial charge is 0.493 e. The SMILES string of the molecule is COc1ccc(-c2cccc3c2COC3=O)c(OCC2(C(=O)OCC(C)C)CCC2)c1OC.